The van der Waals surface area contributed by atoms with Gasteiger partial charge < -0.3 is 14.4 Å². The molecule has 1 aromatic carbocycles. The number of anilines is 1. The average molecular weight is 438 g/mol. The SMILES string of the molecule is COc1ccc(-c2cc(N3CCOCC3)nc(-n3c(C(F)F)nc4ccccc43)n2)cn1. The number of rotatable bonds is 5. The van der Waals surface area contributed by atoms with E-state index in [2.05, 4.69) is 24.8 Å². The minimum absolute atomic E-state index is 0.129. The molecule has 8 nitrogen and oxygen atoms in total. The monoisotopic (exact) mass is 438 g/mol. The summed E-state index contributed by atoms with van der Waals surface area (Å²) < 4.78 is 39.8. The van der Waals surface area contributed by atoms with E-state index in [1.165, 1.54) is 11.7 Å². The average Bonchev–Trinajstić information content (AvgIpc) is 3.24. The molecule has 0 aliphatic carbocycles. The zero-order chi connectivity index (χ0) is 22.1. The lowest BCUT2D eigenvalue weighted by Gasteiger charge is -2.28. The Labute approximate surface area is 182 Å². The fourth-order valence-corrected chi connectivity index (χ4v) is 3.68. The number of halogens is 2. The molecule has 3 aromatic heterocycles. The van der Waals surface area contributed by atoms with E-state index in [4.69, 9.17) is 9.47 Å². The third-order valence-corrected chi connectivity index (χ3v) is 5.26. The van der Waals surface area contributed by atoms with Crippen LogP contribution in [0.4, 0.5) is 14.6 Å². The lowest BCUT2D eigenvalue weighted by atomic mass is 10.2. The number of methoxy groups -OCH3 is 1. The summed E-state index contributed by atoms with van der Waals surface area (Å²) in [5.74, 6) is 0.826. The van der Waals surface area contributed by atoms with Gasteiger partial charge in [0.25, 0.3) is 6.43 Å². The van der Waals surface area contributed by atoms with Gasteiger partial charge in [-0.2, -0.15) is 4.98 Å². The lowest BCUT2D eigenvalue weighted by molar-refractivity contribution is 0.122. The van der Waals surface area contributed by atoms with Crippen LogP contribution in [0.25, 0.3) is 28.2 Å². The van der Waals surface area contributed by atoms with E-state index in [1.54, 1.807) is 36.5 Å². The van der Waals surface area contributed by atoms with Crippen LogP contribution in [0, 0.1) is 0 Å². The number of morpholine rings is 1. The molecule has 0 bridgehead atoms. The van der Waals surface area contributed by atoms with Gasteiger partial charge in [0.05, 0.1) is 37.1 Å². The van der Waals surface area contributed by atoms with Crippen molar-refractivity contribution in [1.82, 2.24) is 24.5 Å². The molecule has 1 aliphatic heterocycles. The highest BCUT2D eigenvalue weighted by atomic mass is 19.3. The van der Waals surface area contributed by atoms with E-state index in [-0.39, 0.29) is 5.95 Å². The molecule has 5 rings (SSSR count). The lowest BCUT2D eigenvalue weighted by Crippen LogP contribution is -2.37. The molecule has 1 fully saturated rings. The van der Waals surface area contributed by atoms with E-state index in [0.717, 1.165) is 0 Å². The van der Waals surface area contributed by atoms with Crippen LogP contribution < -0.4 is 9.64 Å². The quantitative estimate of drug-likeness (QED) is 0.471. The van der Waals surface area contributed by atoms with Gasteiger partial charge in [0.2, 0.25) is 11.8 Å². The Balaban J connectivity index is 1.71. The number of hydrogen-bond acceptors (Lipinski definition) is 7. The largest absolute Gasteiger partial charge is 0.481 e. The van der Waals surface area contributed by atoms with Crippen LogP contribution in [0.1, 0.15) is 12.2 Å². The Kier molecular flexibility index (Phi) is 5.36. The first kappa shape index (κ1) is 20.3. The number of ether oxygens (including phenoxy) is 2. The van der Waals surface area contributed by atoms with Crippen molar-refractivity contribution in [2.45, 2.75) is 6.43 Å². The summed E-state index contributed by atoms with van der Waals surface area (Å²) in [7, 11) is 1.54. The van der Waals surface area contributed by atoms with Crippen LogP contribution in [-0.4, -0.2) is 57.9 Å². The van der Waals surface area contributed by atoms with Gasteiger partial charge in [0, 0.05) is 37.0 Å². The predicted molar refractivity (Wildman–Crippen MR) is 114 cm³/mol. The zero-order valence-electron chi connectivity index (χ0n) is 17.3. The number of alkyl halides is 2. The van der Waals surface area contributed by atoms with Crippen molar-refractivity contribution in [3.63, 3.8) is 0 Å². The topological polar surface area (TPSA) is 78.2 Å². The molecule has 0 unspecified atom stereocenters. The van der Waals surface area contributed by atoms with Crippen LogP contribution in [0.15, 0.2) is 48.7 Å². The normalized spacial score (nSPS) is 14.3. The number of nitrogens with zero attached hydrogens (tertiary/aromatic N) is 6. The summed E-state index contributed by atoms with van der Waals surface area (Å²) in [5.41, 5.74) is 2.24. The van der Waals surface area contributed by atoms with Crippen LogP contribution in [0.3, 0.4) is 0 Å². The van der Waals surface area contributed by atoms with E-state index in [0.29, 0.717) is 60.3 Å². The second-order valence-electron chi connectivity index (χ2n) is 7.19. The fourth-order valence-electron chi connectivity index (χ4n) is 3.68. The van der Waals surface area contributed by atoms with Gasteiger partial charge in [-0.05, 0) is 18.2 Å². The Morgan fingerprint density at radius 1 is 1.03 bits per heavy atom. The zero-order valence-corrected chi connectivity index (χ0v) is 17.3. The van der Waals surface area contributed by atoms with E-state index >= 15 is 0 Å². The Hall–Kier alpha value is -3.66. The molecule has 0 radical (unpaired) electrons. The first-order valence-corrected chi connectivity index (χ1v) is 10.1. The van der Waals surface area contributed by atoms with Gasteiger partial charge in [-0.15, -0.1) is 0 Å². The van der Waals surface area contributed by atoms with Crippen LogP contribution >= 0.6 is 0 Å². The summed E-state index contributed by atoms with van der Waals surface area (Å²) in [4.78, 5) is 19.7. The number of aromatic nitrogens is 5. The van der Waals surface area contributed by atoms with Crippen molar-refractivity contribution in [2.75, 3.05) is 38.3 Å². The van der Waals surface area contributed by atoms with Gasteiger partial charge in [-0.25, -0.2) is 23.7 Å². The number of hydrogen-bond donors (Lipinski definition) is 0. The van der Waals surface area contributed by atoms with Crippen molar-refractivity contribution < 1.29 is 18.3 Å². The molecule has 0 spiro atoms. The smallest absolute Gasteiger partial charge is 0.296 e. The fraction of sp³-hybridized carbons (Fsp3) is 0.273. The maximum atomic E-state index is 13.9. The molecular weight excluding hydrogens is 418 g/mol. The van der Waals surface area contributed by atoms with Crippen molar-refractivity contribution >= 4 is 16.9 Å². The second-order valence-corrected chi connectivity index (χ2v) is 7.19. The number of para-hydroxylation sites is 2. The van der Waals surface area contributed by atoms with E-state index in [9.17, 15) is 8.78 Å². The number of fused-ring (bicyclic) bond motifs is 1. The summed E-state index contributed by atoms with van der Waals surface area (Å²) in [6.45, 7) is 2.41. The van der Waals surface area contributed by atoms with Crippen LogP contribution in [0.5, 0.6) is 5.88 Å². The summed E-state index contributed by atoms with van der Waals surface area (Å²) in [6.07, 6.45) is -1.15. The Bertz CT molecular complexity index is 1240. The van der Waals surface area contributed by atoms with Gasteiger partial charge in [0.1, 0.15) is 5.82 Å². The second kappa shape index (κ2) is 8.46. The summed E-state index contributed by atoms with van der Waals surface area (Å²) in [5, 5.41) is 0. The molecule has 4 aromatic rings. The highest BCUT2D eigenvalue weighted by Gasteiger charge is 2.24. The van der Waals surface area contributed by atoms with E-state index < -0.39 is 12.2 Å². The van der Waals surface area contributed by atoms with Gasteiger partial charge in [0.15, 0.2) is 5.82 Å². The van der Waals surface area contributed by atoms with Crippen molar-refractivity contribution in [3.05, 3.63) is 54.5 Å². The van der Waals surface area contributed by atoms with Gasteiger partial charge in [-0.1, -0.05) is 12.1 Å². The Morgan fingerprint density at radius 3 is 2.56 bits per heavy atom. The van der Waals surface area contributed by atoms with Crippen molar-refractivity contribution in [3.8, 4) is 23.1 Å². The minimum Gasteiger partial charge on any atom is -0.481 e. The van der Waals surface area contributed by atoms with Gasteiger partial charge in [-0.3, -0.25) is 4.57 Å². The molecule has 32 heavy (non-hydrogen) atoms. The molecule has 10 heteroatoms. The van der Waals surface area contributed by atoms with E-state index in [1.807, 2.05) is 12.1 Å². The number of pyridine rings is 1. The highest BCUT2D eigenvalue weighted by Crippen LogP contribution is 2.30. The minimum atomic E-state index is -2.79. The first-order chi connectivity index (χ1) is 15.6. The third-order valence-electron chi connectivity index (χ3n) is 5.26. The number of imidazole rings is 1. The van der Waals surface area contributed by atoms with Crippen molar-refractivity contribution in [2.24, 2.45) is 0 Å². The summed E-state index contributed by atoms with van der Waals surface area (Å²) in [6, 6.07) is 12.3. The molecule has 0 atom stereocenters. The van der Waals surface area contributed by atoms with Gasteiger partial charge >= 0.3 is 0 Å². The summed E-state index contributed by atoms with van der Waals surface area (Å²) >= 11 is 0. The van der Waals surface area contributed by atoms with Crippen molar-refractivity contribution in [1.29, 1.82) is 0 Å². The highest BCUT2D eigenvalue weighted by molar-refractivity contribution is 5.78. The van der Waals surface area contributed by atoms with Crippen LogP contribution in [-0.2, 0) is 4.74 Å². The molecule has 0 N–H and O–H groups in total. The molecule has 164 valence electrons. The van der Waals surface area contributed by atoms with Crippen LogP contribution in [0.2, 0.25) is 0 Å². The standard InChI is InChI=1S/C22H20F2N6O2/c1-31-19-7-6-14(13-25-19)16-12-18(29-8-10-32-11-9-29)28-22(27-16)30-17-5-3-2-4-15(17)26-21(30)20(23)24/h2-7,12-13,20H,8-11H2,1H3. The number of benzene rings is 1. The Morgan fingerprint density at radius 2 is 1.84 bits per heavy atom. The maximum absolute atomic E-state index is 13.9. The molecule has 4 heterocycles. The molecular formula is C22H20F2N6O2. The predicted octanol–water partition coefficient (Wildman–Crippen LogP) is 3.66. The molecule has 1 saturated heterocycles. The molecule has 1 aliphatic rings. The first-order valence-electron chi connectivity index (χ1n) is 10.1. The third kappa shape index (κ3) is 3.73. The molecule has 0 saturated carbocycles. The maximum Gasteiger partial charge on any atom is 0.296 e. The molecule has 0 amide bonds.